The summed E-state index contributed by atoms with van der Waals surface area (Å²) in [6, 6.07) is 6.45. The number of hydrogen-bond donors (Lipinski definition) is 0. The van der Waals surface area contributed by atoms with E-state index in [4.69, 9.17) is 0 Å². The summed E-state index contributed by atoms with van der Waals surface area (Å²) in [5.74, 6) is -0.247. The van der Waals surface area contributed by atoms with Crippen molar-refractivity contribution >= 4 is 17.5 Å². The van der Waals surface area contributed by atoms with E-state index in [0.29, 0.717) is 25.9 Å². The topological polar surface area (TPSA) is 83.8 Å². The standard InChI is InChI=1S/C15H19N3O4/c1-11(12-4-3-5-13(10-12)18(21)22)16(2)8-9-17-14(19)6-7-15(17)20/h3-5,10-11H,6-9H2,1-2H3. The lowest BCUT2D eigenvalue weighted by atomic mass is 10.1. The number of amides is 2. The lowest BCUT2D eigenvalue weighted by Gasteiger charge is -2.26. The van der Waals surface area contributed by atoms with Crippen LogP contribution in [-0.2, 0) is 9.59 Å². The van der Waals surface area contributed by atoms with E-state index in [9.17, 15) is 19.7 Å². The van der Waals surface area contributed by atoms with Crippen molar-refractivity contribution in [3.63, 3.8) is 0 Å². The van der Waals surface area contributed by atoms with Crippen LogP contribution in [0.15, 0.2) is 24.3 Å². The van der Waals surface area contributed by atoms with Gasteiger partial charge in [-0.2, -0.15) is 0 Å². The molecule has 1 aromatic rings. The number of benzene rings is 1. The van der Waals surface area contributed by atoms with E-state index in [0.717, 1.165) is 5.56 Å². The highest BCUT2D eigenvalue weighted by atomic mass is 16.6. The summed E-state index contributed by atoms with van der Waals surface area (Å²) in [5.41, 5.74) is 0.887. The van der Waals surface area contributed by atoms with Crippen LogP contribution in [0.1, 0.15) is 31.4 Å². The second-order valence-corrected chi connectivity index (χ2v) is 5.45. The van der Waals surface area contributed by atoms with E-state index < -0.39 is 4.92 Å². The van der Waals surface area contributed by atoms with Crippen molar-refractivity contribution in [1.82, 2.24) is 9.80 Å². The van der Waals surface area contributed by atoms with Crippen LogP contribution in [0.3, 0.4) is 0 Å². The van der Waals surface area contributed by atoms with Crippen molar-refractivity contribution in [2.24, 2.45) is 0 Å². The van der Waals surface area contributed by atoms with Gasteiger partial charge >= 0.3 is 0 Å². The van der Waals surface area contributed by atoms with E-state index in [1.807, 2.05) is 24.9 Å². The number of likely N-dealkylation sites (N-methyl/N-ethyl adjacent to an activating group) is 1. The molecule has 118 valence electrons. The van der Waals surface area contributed by atoms with Crippen molar-refractivity contribution in [2.75, 3.05) is 20.1 Å². The Hall–Kier alpha value is -2.28. The lowest BCUT2D eigenvalue weighted by Crippen LogP contribution is -2.37. The highest BCUT2D eigenvalue weighted by molar-refractivity contribution is 6.01. The molecule has 1 saturated heterocycles. The maximum absolute atomic E-state index is 11.6. The second-order valence-electron chi connectivity index (χ2n) is 5.45. The normalized spacial score (nSPS) is 16.4. The van der Waals surface area contributed by atoms with Gasteiger partial charge in [0.15, 0.2) is 0 Å². The molecule has 1 aromatic carbocycles. The molecule has 0 N–H and O–H groups in total. The van der Waals surface area contributed by atoms with Gasteiger partial charge in [0.2, 0.25) is 11.8 Å². The monoisotopic (exact) mass is 305 g/mol. The Kier molecular flexibility index (Phi) is 4.87. The zero-order valence-electron chi connectivity index (χ0n) is 12.7. The summed E-state index contributed by atoms with van der Waals surface area (Å²) in [7, 11) is 1.87. The molecule has 0 aliphatic carbocycles. The Bertz CT molecular complexity index is 586. The second kappa shape index (κ2) is 6.65. The number of likely N-dealkylation sites (tertiary alicyclic amines) is 1. The van der Waals surface area contributed by atoms with E-state index >= 15 is 0 Å². The number of rotatable bonds is 6. The van der Waals surface area contributed by atoms with E-state index in [1.165, 1.54) is 11.0 Å². The fourth-order valence-electron chi connectivity index (χ4n) is 2.48. The fraction of sp³-hybridized carbons (Fsp3) is 0.467. The third-order valence-corrected chi connectivity index (χ3v) is 4.06. The van der Waals surface area contributed by atoms with Gasteiger partial charge in [-0.3, -0.25) is 29.5 Å². The zero-order valence-corrected chi connectivity index (χ0v) is 12.7. The molecule has 0 spiro atoms. The van der Waals surface area contributed by atoms with Crippen molar-refractivity contribution in [2.45, 2.75) is 25.8 Å². The van der Waals surface area contributed by atoms with Gasteiger partial charge in [-0.25, -0.2) is 0 Å². The molecular formula is C15H19N3O4. The van der Waals surface area contributed by atoms with Gasteiger partial charge in [0.1, 0.15) is 0 Å². The molecule has 1 unspecified atom stereocenters. The Morgan fingerprint density at radius 2 is 1.95 bits per heavy atom. The number of nitro benzene ring substituents is 1. The first-order valence-electron chi connectivity index (χ1n) is 7.18. The van der Waals surface area contributed by atoms with Crippen LogP contribution in [0.25, 0.3) is 0 Å². The summed E-state index contributed by atoms with van der Waals surface area (Å²) in [5, 5.41) is 10.8. The molecule has 1 aliphatic heterocycles. The molecule has 0 aromatic heterocycles. The summed E-state index contributed by atoms with van der Waals surface area (Å²) >= 11 is 0. The average Bonchev–Trinajstić information content (AvgIpc) is 2.83. The third-order valence-electron chi connectivity index (χ3n) is 4.06. The SMILES string of the molecule is CC(c1cccc([N+](=O)[O-])c1)N(C)CCN1C(=O)CCC1=O. The van der Waals surface area contributed by atoms with Crippen LogP contribution in [-0.4, -0.2) is 46.7 Å². The molecule has 0 bridgehead atoms. The van der Waals surface area contributed by atoms with Gasteiger partial charge in [-0.15, -0.1) is 0 Å². The number of carbonyl (C=O) groups is 2. The first-order valence-corrected chi connectivity index (χ1v) is 7.18. The van der Waals surface area contributed by atoms with Gasteiger partial charge < -0.3 is 0 Å². The number of imide groups is 1. The molecule has 7 heteroatoms. The molecule has 0 radical (unpaired) electrons. The Morgan fingerprint density at radius 3 is 2.55 bits per heavy atom. The minimum absolute atomic E-state index is 0.0484. The third kappa shape index (κ3) is 3.48. The molecule has 0 saturated carbocycles. The molecule has 7 nitrogen and oxygen atoms in total. The van der Waals surface area contributed by atoms with Crippen LogP contribution in [0, 0.1) is 10.1 Å². The molecule has 2 rings (SSSR count). The predicted molar refractivity (Wildman–Crippen MR) is 80.1 cm³/mol. The minimum atomic E-state index is -0.419. The highest BCUT2D eigenvalue weighted by Gasteiger charge is 2.28. The number of carbonyl (C=O) groups excluding carboxylic acids is 2. The van der Waals surface area contributed by atoms with Gasteiger partial charge in [-0.1, -0.05) is 12.1 Å². The maximum Gasteiger partial charge on any atom is 0.269 e. The zero-order chi connectivity index (χ0) is 16.3. The molecule has 1 atom stereocenters. The number of nitrogens with zero attached hydrogens (tertiary/aromatic N) is 3. The first kappa shape index (κ1) is 16.1. The van der Waals surface area contributed by atoms with Crippen molar-refractivity contribution in [3.05, 3.63) is 39.9 Å². The Labute approximate surface area is 128 Å². The quantitative estimate of drug-likeness (QED) is 0.454. The van der Waals surface area contributed by atoms with Gasteiger partial charge in [-0.05, 0) is 19.5 Å². The average molecular weight is 305 g/mol. The smallest absolute Gasteiger partial charge is 0.269 e. The fourth-order valence-corrected chi connectivity index (χ4v) is 2.48. The van der Waals surface area contributed by atoms with Crippen LogP contribution in [0.5, 0.6) is 0 Å². The van der Waals surface area contributed by atoms with Crippen molar-refractivity contribution in [3.8, 4) is 0 Å². The van der Waals surface area contributed by atoms with Crippen LogP contribution in [0.4, 0.5) is 5.69 Å². The van der Waals surface area contributed by atoms with Gasteiger partial charge in [0.05, 0.1) is 4.92 Å². The number of non-ortho nitro benzene ring substituents is 1. The van der Waals surface area contributed by atoms with Crippen molar-refractivity contribution in [1.29, 1.82) is 0 Å². The summed E-state index contributed by atoms with van der Waals surface area (Å²) < 4.78 is 0. The van der Waals surface area contributed by atoms with Crippen LogP contribution in [0.2, 0.25) is 0 Å². The first-order chi connectivity index (χ1) is 10.4. The number of hydrogen-bond acceptors (Lipinski definition) is 5. The Balaban J connectivity index is 1.98. The molecule has 2 amide bonds. The van der Waals surface area contributed by atoms with Crippen molar-refractivity contribution < 1.29 is 14.5 Å². The van der Waals surface area contributed by atoms with E-state index in [-0.39, 0.29) is 23.5 Å². The van der Waals surface area contributed by atoms with Gasteiger partial charge in [0.25, 0.3) is 5.69 Å². The summed E-state index contributed by atoms with van der Waals surface area (Å²) in [6.45, 7) is 2.82. The summed E-state index contributed by atoms with van der Waals surface area (Å²) in [6.07, 6.45) is 0.589. The molecule has 1 fully saturated rings. The van der Waals surface area contributed by atoms with E-state index in [2.05, 4.69) is 0 Å². The molecule has 22 heavy (non-hydrogen) atoms. The molecule has 1 heterocycles. The van der Waals surface area contributed by atoms with Crippen LogP contribution < -0.4 is 0 Å². The number of nitro groups is 1. The molecular weight excluding hydrogens is 286 g/mol. The minimum Gasteiger partial charge on any atom is -0.298 e. The largest absolute Gasteiger partial charge is 0.298 e. The molecule has 1 aliphatic rings. The maximum atomic E-state index is 11.6. The van der Waals surface area contributed by atoms with Crippen LogP contribution >= 0.6 is 0 Å². The Morgan fingerprint density at radius 1 is 1.32 bits per heavy atom. The lowest BCUT2D eigenvalue weighted by molar-refractivity contribution is -0.384. The predicted octanol–water partition coefficient (Wildman–Crippen LogP) is 1.74. The highest BCUT2D eigenvalue weighted by Crippen LogP contribution is 2.23. The summed E-state index contributed by atoms with van der Waals surface area (Å²) in [4.78, 5) is 36.8. The van der Waals surface area contributed by atoms with Gasteiger partial charge in [0, 0.05) is 44.1 Å². The van der Waals surface area contributed by atoms with E-state index in [1.54, 1.807) is 12.1 Å².